The molecule has 13 heavy (non-hydrogen) atoms. The first-order valence-corrected chi connectivity index (χ1v) is 3.70. The molecule has 1 aromatic carbocycles. The highest BCUT2D eigenvalue weighted by atomic mass is 16.5. The fourth-order valence-electron chi connectivity index (χ4n) is 1.13. The monoisotopic (exact) mass is 176 g/mol. The van der Waals surface area contributed by atoms with Crippen LogP contribution in [0.1, 0.15) is 13.0 Å². The number of rotatable bonds is 0. The summed E-state index contributed by atoms with van der Waals surface area (Å²) in [6, 6.07) is 7.64. The second-order valence-electron chi connectivity index (χ2n) is 2.53. The Balaban J connectivity index is 0.000000845. The lowest BCUT2D eigenvalue weighted by Gasteiger charge is -2.04. The van der Waals surface area contributed by atoms with Crippen LogP contribution in [0.2, 0.25) is 0 Å². The molecular formula is C10H12N2O. The van der Waals surface area contributed by atoms with Gasteiger partial charge in [0.1, 0.15) is 5.69 Å². The number of hydrazone groups is 1. The predicted molar refractivity (Wildman–Crippen MR) is 55.5 cm³/mol. The number of hydrazine groups is 1. The molecule has 68 valence electrons. The van der Waals surface area contributed by atoms with Crippen molar-refractivity contribution in [1.82, 2.24) is 0 Å². The summed E-state index contributed by atoms with van der Waals surface area (Å²) in [4.78, 5) is 0.683. The van der Waals surface area contributed by atoms with E-state index < -0.39 is 0 Å². The van der Waals surface area contributed by atoms with E-state index in [1.807, 2.05) is 30.3 Å². The van der Waals surface area contributed by atoms with Gasteiger partial charge in [-0.1, -0.05) is 30.5 Å². The molecule has 1 aliphatic rings. The summed E-state index contributed by atoms with van der Waals surface area (Å²) < 4.78 is 0. The molecule has 1 N–H and O–H groups in total. The summed E-state index contributed by atoms with van der Waals surface area (Å²) in [6.45, 7) is 0. The number of hydrogen-bond acceptors (Lipinski definition) is 2. The average molecular weight is 176 g/mol. The number of nitrogens with zero attached hydrogens (tertiary/aromatic N) is 1. The van der Waals surface area contributed by atoms with Crippen LogP contribution in [0.4, 0.5) is 5.69 Å². The highest BCUT2D eigenvalue weighted by Gasteiger charge is 2.03. The van der Waals surface area contributed by atoms with Crippen LogP contribution in [0.5, 0.6) is 0 Å². The number of hydrogen-bond donors (Lipinski definition) is 1. The number of benzene rings is 1. The maximum absolute atomic E-state index is 10.9. The molecule has 3 heteroatoms. The van der Waals surface area contributed by atoms with Crippen LogP contribution >= 0.6 is 0 Å². The van der Waals surface area contributed by atoms with Crippen molar-refractivity contribution in [3.63, 3.8) is 0 Å². The van der Waals surface area contributed by atoms with Crippen LogP contribution in [-0.4, -0.2) is 11.1 Å². The van der Waals surface area contributed by atoms with Crippen molar-refractivity contribution in [3.8, 4) is 0 Å². The van der Waals surface area contributed by atoms with E-state index in [9.17, 15) is 5.21 Å². The smallest absolute Gasteiger partial charge is 0.207 e. The molecule has 2 rings (SSSR count). The van der Waals surface area contributed by atoms with Gasteiger partial charge in [0.2, 0.25) is 6.21 Å². The number of anilines is 1. The molecule has 0 spiro atoms. The minimum Gasteiger partial charge on any atom is -0.596 e. The summed E-state index contributed by atoms with van der Waals surface area (Å²) in [5.41, 5.74) is 4.53. The molecule has 0 fully saturated rings. The Labute approximate surface area is 77.6 Å². The van der Waals surface area contributed by atoms with Gasteiger partial charge in [0.25, 0.3) is 0 Å². The van der Waals surface area contributed by atoms with Gasteiger partial charge in [-0.2, -0.15) is 5.43 Å². The van der Waals surface area contributed by atoms with Crippen molar-refractivity contribution in [2.75, 3.05) is 5.43 Å². The van der Waals surface area contributed by atoms with Gasteiger partial charge in [-0.25, -0.2) is 0 Å². The minimum absolute atomic E-state index is 0. The van der Waals surface area contributed by atoms with E-state index in [0.29, 0.717) is 4.85 Å². The van der Waals surface area contributed by atoms with E-state index in [1.54, 1.807) is 6.08 Å². The van der Waals surface area contributed by atoms with Crippen LogP contribution in [0, 0.1) is 5.21 Å². The standard InChI is InChI=1S/C9H8N2O.CH4/c12-11-7-3-5-8-4-1-2-6-9(8)10-11;/h1-7,10H;1H4. The van der Waals surface area contributed by atoms with Gasteiger partial charge < -0.3 is 5.21 Å². The zero-order valence-electron chi connectivity index (χ0n) is 6.40. The summed E-state index contributed by atoms with van der Waals surface area (Å²) in [6.07, 6.45) is 5.03. The lowest BCUT2D eigenvalue weighted by Crippen LogP contribution is -2.11. The van der Waals surface area contributed by atoms with E-state index in [0.717, 1.165) is 11.3 Å². The number of nitrogens with one attached hydrogen (secondary N) is 1. The molecule has 0 amide bonds. The molecule has 0 aromatic heterocycles. The van der Waals surface area contributed by atoms with Crippen molar-refractivity contribution in [2.45, 2.75) is 7.43 Å². The number of para-hydroxylation sites is 1. The van der Waals surface area contributed by atoms with Crippen LogP contribution in [0.15, 0.2) is 30.3 Å². The first kappa shape index (κ1) is 9.32. The second kappa shape index (κ2) is 3.76. The highest BCUT2D eigenvalue weighted by Crippen LogP contribution is 2.17. The maximum atomic E-state index is 10.9. The summed E-state index contributed by atoms with van der Waals surface area (Å²) in [5.74, 6) is 0. The van der Waals surface area contributed by atoms with Gasteiger partial charge in [0, 0.05) is 11.6 Å². The molecule has 0 saturated carbocycles. The van der Waals surface area contributed by atoms with Gasteiger partial charge in [-0.05, 0) is 12.1 Å². The van der Waals surface area contributed by atoms with Crippen molar-refractivity contribution in [1.29, 1.82) is 0 Å². The van der Waals surface area contributed by atoms with Crippen molar-refractivity contribution < 1.29 is 4.85 Å². The summed E-state index contributed by atoms with van der Waals surface area (Å²) in [7, 11) is 0. The lowest BCUT2D eigenvalue weighted by atomic mass is 10.2. The Morgan fingerprint density at radius 2 is 2.00 bits per heavy atom. The molecule has 0 radical (unpaired) electrons. The average Bonchev–Trinajstić information content (AvgIpc) is 2.25. The van der Waals surface area contributed by atoms with Crippen LogP contribution in [0.25, 0.3) is 6.08 Å². The Kier molecular flexibility index (Phi) is 2.69. The topological polar surface area (TPSA) is 38.1 Å². The molecule has 0 bridgehead atoms. The first-order chi connectivity index (χ1) is 5.86. The molecule has 3 nitrogen and oxygen atoms in total. The van der Waals surface area contributed by atoms with E-state index >= 15 is 0 Å². The molecule has 1 aromatic rings. The number of allylic oxidation sites excluding steroid dienone is 1. The molecule has 0 saturated heterocycles. The van der Waals surface area contributed by atoms with E-state index in [-0.39, 0.29) is 7.43 Å². The third-order valence-corrected chi connectivity index (χ3v) is 1.69. The fourth-order valence-corrected chi connectivity index (χ4v) is 1.13. The van der Waals surface area contributed by atoms with Crippen molar-refractivity contribution in [2.24, 2.45) is 0 Å². The van der Waals surface area contributed by atoms with Gasteiger partial charge in [-0.15, -0.1) is 0 Å². The third kappa shape index (κ3) is 1.87. The predicted octanol–water partition coefficient (Wildman–Crippen LogP) is 2.26. The Bertz CT molecular complexity index is 356. The fraction of sp³-hybridized carbons (Fsp3) is 0.100. The Morgan fingerprint density at radius 3 is 2.85 bits per heavy atom. The van der Waals surface area contributed by atoms with E-state index in [2.05, 4.69) is 5.43 Å². The minimum atomic E-state index is 0. The lowest BCUT2D eigenvalue weighted by molar-refractivity contribution is -0.416. The molecule has 0 aliphatic carbocycles. The van der Waals surface area contributed by atoms with Gasteiger partial charge in [0.05, 0.1) is 0 Å². The van der Waals surface area contributed by atoms with Crippen molar-refractivity contribution >= 4 is 18.0 Å². The largest absolute Gasteiger partial charge is 0.596 e. The molecule has 1 heterocycles. The van der Waals surface area contributed by atoms with Crippen LogP contribution in [0.3, 0.4) is 0 Å². The summed E-state index contributed by atoms with van der Waals surface area (Å²) in [5, 5.41) is 10.9. The molecule has 0 unspecified atom stereocenters. The molecule has 1 aliphatic heterocycles. The molecular weight excluding hydrogens is 164 g/mol. The van der Waals surface area contributed by atoms with Gasteiger partial charge >= 0.3 is 0 Å². The van der Waals surface area contributed by atoms with Crippen LogP contribution < -0.4 is 5.43 Å². The first-order valence-electron chi connectivity index (χ1n) is 3.70. The maximum Gasteiger partial charge on any atom is 0.207 e. The SMILES string of the molecule is C.[O-][N+]1=CC=Cc2ccccc2N1. The summed E-state index contributed by atoms with van der Waals surface area (Å²) >= 11 is 0. The zero-order chi connectivity index (χ0) is 8.39. The quantitative estimate of drug-likeness (QED) is 0.486. The Morgan fingerprint density at radius 1 is 1.23 bits per heavy atom. The highest BCUT2D eigenvalue weighted by molar-refractivity contribution is 5.80. The van der Waals surface area contributed by atoms with Gasteiger partial charge in [-0.3, -0.25) is 0 Å². The third-order valence-electron chi connectivity index (χ3n) is 1.69. The van der Waals surface area contributed by atoms with E-state index in [1.165, 1.54) is 6.21 Å². The zero-order valence-corrected chi connectivity index (χ0v) is 6.40. The van der Waals surface area contributed by atoms with Gasteiger partial charge in [0.15, 0.2) is 0 Å². The Hall–Kier alpha value is -1.77. The molecule has 0 atom stereocenters. The normalized spacial score (nSPS) is 13.1. The second-order valence-corrected chi connectivity index (χ2v) is 2.53. The number of fused-ring (bicyclic) bond motifs is 1. The van der Waals surface area contributed by atoms with E-state index in [4.69, 9.17) is 0 Å². The van der Waals surface area contributed by atoms with Crippen LogP contribution in [-0.2, 0) is 0 Å². The van der Waals surface area contributed by atoms with Crippen molar-refractivity contribution in [3.05, 3.63) is 41.1 Å².